The number of nitrogens with one attached hydrogen (secondary N) is 1. The minimum Gasteiger partial charge on any atom is -0.361 e. The van der Waals surface area contributed by atoms with E-state index in [1.807, 2.05) is 17.0 Å². The van der Waals surface area contributed by atoms with Crippen molar-refractivity contribution in [3.05, 3.63) is 59.7 Å². The van der Waals surface area contributed by atoms with E-state index < -0.39 is 5.60 Å². The van der Waals surface area contributed by atoms with Crippen LogP contribution in [-0.2, 0) is 20.7 Å². The summed E-state index contributed by atoms with van der Waals surface area (Å²) < 4.78 is 6.03. The number of amides is 2. The lowest BCUT2D eigenvalue weighted by Crippen LogP contribution is -2.61. The van der Waals surface area contributed by atoms with Crippen LogP contribution >= 0.6 is 0 Å². The number of hydrogen-bond donors (Lipinski definition) is 1. The molecule has 1 unspecified atom stereocenters. The van der Waals surface area contributed by atoms with Crippen LogP contribution in [0.4, 0.5) is 0 Å². The van der Waals surface area contributed by atoms with Crippen molar-refractivity contribution in [3.8, 4) is 11.1 Å². The van der Waals surface area contributed by atoms with Gasteiger partial charge in [-0.1, -0.05) is 54.1 Å². The monoisotopic (exact) mass is 392 g/mol. The van der Waals surface area contributed by atoms with Gasteiger partial charge < -0.3 is 15.0 Å². The van der Waals surface area contributed by atoms with Gasteiger partial charge in [0.1, 0.15) is 0 Å². The van der Waals surface area contributed by atoms with Gasteiger partial charge in [0.15, 0.2) is 5.60 Å². The van der Waals surface area contributed by atoms with E-state index in [0.717, 1.165) is 24.0 Å². The summed E-state index contributed by atoms with van der Waals surface area (Å²) in [6.07, 6.45) is 2.36. The molecule has 1 aliphatic heterocycles. The SMILES string of the molecule is CNC(=O)C1(Cc2ccc(-c3cccc(C)c3)cc2)CN(C(=O)C2CC2)CCO1. The van der Waals surface area contributed by atoms with Gasteiger partial charge in [0, 0.05) is 25.9 Å². The third-order valence-corrected chi connectivity index (χ3v) is 5.86. The van der Waals surface area contributed by atoms with Gasteiger partial charge in [-0.25, -0.2) is 0 Å². The molecular weight excluding hydrogens is 364 g/mol. The average Bonchev–Trinajstić information content (AvgIpc) is 3.59. The van der Waals surface area contributed by atoms with Gasteiger partial charge in [-0.05, 0) is 36.5 Å². The molecule has 152 valence electrons. The summed E-state index contributed by atoms with van der Waals surface area (Å²) in [5, 5.41) is 2.74. The van der Waals surface area contributed by atoms with Crippen LogP contribution in [0.1, 0.15) is 24.0 Å². The van der Waals surface area contributed by atoms with Crippen LogP contribution in [0.5, 0.6) is 0 Å². The predicted molar refractivity (Wildman–Crippen MR) is 112 cm³/mol. The molecule has 1 N–H and O–H groups in total. The number of benzene rings is 2. The maximum absolute atomic E-state index is 12.8. The van der Waals surface area contributed by atoms with Crippen LogP contribution in [0.3, 0.4) is 0 Å². The van der Waals surface area contributed by atoms with Crippen molar-refractivity contribution in [2.24, 2.45) is 5.92 Å². The van der Waals surface area contributed by atoms with Gasteiger partial charge in [-0.15, -0.1) is 0 Å². The zero-order valence-corrected chi connectivity index (χ0v) is 17.1. The van der Waals surface area contributed by atoms with Gasteiger partial charge in [0.25, 0.3) is 5.91 Å². The fourth-order valence-corrected chi connectivity index (χ4v) is 4.08. The Morgan fingerprint density at radius 3 is 2.55 bits per heavy atom. The number of carbonyl (C=O) groups excluding carboxylic acids is 2. The van der Waals surface area contributed by atoms with Crippen LogP contribution in [0.25, 0.3) is 11.1 Å². The van der Waals surface area contributed by atoms with E-state index in [1.54, 1.807) is 7.05 Å². The van der Waals surface area contributed by atoms with Crippen molar-refractivity contribution < 1.29 is 14.3 Å². The van der Waals surface area contributed by atoms with E-state index in [4.69, 9.17) is 4.74 Å². The van der Waals surface area contributed by atoms with Gasteiger partial charge >= 0.3 is 0 Å². The fraction of sp³-hybridized carbons (Fsp3) is 0.417. The lowest BCUT2D eigenvalue weighted by atomic mass is 9.90. The Hall–Kier alpha value is -2.66. The first-order valence-corrected chi connectivity index (χ1v) is 10.3. The second-order valence-electron chi connectivity index (χ2n) is 8.20. The molecule has 1 saturated heterocycles. The number of aryl methyl sites for hydroxylation is 1. The Bertz CT molecular complexity index is 905. The quantitative estimate of drug-likeness (QED) is 0.851. The highest BCUT2D eigenvalue weighted by atomic mass is 16.5. The lowest BCUT2D eigenvalue weighted by molar-refractivity contribution is -0.166. The maximum Gasteiger partial charge on any atom is 0.254 e. The summed E-state index contributed by atoms with van der Waals surface area (Å²) in [5.74, 6) is 0.133. The smallest absolute Gasteiger partial charge is 0.254 e. The highest BCUT2D eigenvalue weighted by molar-refractivity contribution is 5.88. The van der Waals surface area contributed by atoms with Crippen molar-refractivity contribution in [2.75, 3.05) is 26.7 Å². The van der Waals surface area contributed by atoms with Gasteiger partial charge in [-0.2, -0.15) is 0 Å². The first-order chi connectivity index (χ1) is 14.0. The maximum atomic E-state index is 12.8. The van der Waals surface area contributed by atoms with E-state index in [1.165, 1.54) is 11.1 Å². The zero-order chi connectivity index (χ0) is 20.4. The third kappa shape index (κ3) is 4.20. The number of rotatable bonds is 5. The van der Waals surface area contributed by atoms with Crippen LogP contribution < -0.4 is 5.32 Å². The summed E-state index contributed by atoms with van der Waals surface area (Å²) in [6, 6.07) is 16.7. The average molecular weight is 392 g/mol. The lowest BCUT2D eigenvalue weighted by Gasteiger charge is -2.41. The molecule has 5 heteroatoms. The van der Waals surface area contributed by atoms with E-state index >= 15 is 0 Å². The summed E-state index contributed by atoms with van der Waals surface area (Å²) in [6.45, 7) is 3.33. The molecule has 1 atom stereocenters. The Morgan fingerprint density at radius 2 is 1.90 bits per heavy atom. The molecule has 5 nitrogen and oxygen atoms in total. The largest absolute Gasteiger partial charge is 0.361 e. The minimum atomic E-state index is -1.04. The van der Waals surface area contributed by atoms with Crippen molar-refractivity contribution >= 4 is 11.8 Å². The van der Waals surface area contributed by atoms with E-state index in [9.17, 15) is 9.59 Å². The molecule has 2 aliphatic rings. The number of morpholine rings is 1. The second kappa shape index (κ2) is 7.99. The minimum absolute atomic E-state index is 0.143. The fourth-order valence-electron chi connectivity index (χ4n) is 4.08. The molecule has 2 fully saturated rings. The standard InChI is InChI=1S/C24H28N2O3/c1-17-4-3-5-21(14-17)19-8-6-18(7-9-19)15-24(23(28)25-2)16-26(12-13-29-24)22(27)20-10-11-20/h3-9,14,20H,10-13,15-16H2,1-2H3,(H,25,28). The first-order valence-electron chi connectivity index (χ1n) is 10.3. The number of ether oxygens (including phenoxy) is 1. The predicted octanol–water partition coefficient (Wildman–Crippen LogP) is 2.96. The molecule has 2 aromatic carbocycles. The van der Waals surface area contributed by atoms with E-state index in [-0.39, 0.29) is 17.7 Å². The molecular formula is C24H28N2O3. The van der Waals surface area contributed by atoms with Crippen molar-refractivity contribution in [3.63, 3.8) is 0 Å². The Labute approximate surface area is 172 Å². The van der Waals surface area contributed by atoms with Crippen molar-refractivity contribution in [1.82, 2.24) is 10.2 Å². The van der Waals surface area contributed by atoms with Crippen LogP contribution in [0, 0.1) is 12.8 Å². The normalized spacial score (nSPS) is 21.7. The van der Waals surface area contributed by atoms with Crippen molar-refractivity contribution in [1.29, 1.82) is 0 Å². The van der Waals surface area contributed by atoms with Gasteiger partial charge in [0.05, 0.1) is 13.2 Å². The zero-order valence-electron chi connectivity index (χ0n) is 17.1. The van der Waals surface area contributed by atoms with E-state index in [0.29, 0.717) is 26.1 Å². The summed E-state index contributed by atoms with van der Waals surface area (Å²) in [5.41, 5.74) is 3.52. The molecule has 2 aromatic rings. The Kier molecular flexibility index (Phi) is 5.41. The molecule has 1 aliphatic carbocycles. The molecule has 2 amide bonds. The van der Waals surface area contributed by atoms with Crippen LogP contribution in [0.2, 0.25) is 0 Å². The van der Waals surface area contributed by atoms with Crippen LogP contribution in [0.15, 0.2) is 48.5 Å². The number of carbonyl (C=O) groups is 2. The van der Waals surface area contributed by atoms with E-state index in [2.05, 4.69) is 48.6 Å². The molecule has 4 rings (SSSR count). The highest BCUT2D eigenvalue weighted by Crippen LogP contribution is 2.33. The van der Waals surface area contributed by atoms with Gasteiger partial charge in [0.2, 0.25) is 5.91 Å². The third-order valence-electron chi connectivity index (χ3n) is 5.86. The molecule has 29 heavy (non-hydrogen) atoms. The van der Waals surface area contributed by atoms with Crippen molar-refractivity contribution in [2.45, 2.75) is 31.8 Å². The summed E-state index contributed by atoms with van der Waals surface area (Å²) in [7, 11) is 1.62. The van der Waals surface area contributed by atoms with Gasteiger partial charge in [-0.3, -0.25) is 9.59 Å². The highest BCUT2D eigenvalue weighted by Gasteiger charge is 2.46. The second-order valence-corrected chi connectivity index (χ2v) is 8.20. The summed E-state index contributed by atoms with van der Waals surface area (Å²) >= 11 is 0. The molecule has 0 spiro atoms. The number of hydrogen-bond acceptors (Lipinski definition) is 3. The Morgan fingerprint density at radius 1 is 1.14 bits per heavy atom. The summed E-state index contributed by atoms with van der Waals surface area (Å²) in [4.78, 5) is 27.2. The molecule has 1 saturated carbocycles. The molecule has 0 aromatic heterocycles. The van der Waals surface area contributed by atoms with Crippen LogP contribution in [-0.4, -0.2) is 49.1 Å². The molecule has 1 heterocycles. The number of likely N-dealkylation sites (N-methyl/N-ethyl adjacent to an activating group) is 1. The topological polar surface area (TPSA) is 58.6 Å². The first kappa shape index (κ1) is 19.6. The Balaban J connectivity index is 1.55. The number of nitrogens with zero attached hydrogens (tertiary/aromatic N) is 1. The molecule has 0 radical (unpaired) electrons. The molecule has 0 bridgehead atoms.